The molecule has 1 aromatic carbocycles. The molecule has 3 rings (SSSR count). The Hall–Kier alpha value is -2.79. The van der Waals surface area contributed by atoms with Gasteiger partial charge in [-0.3, -0.25) is 4.79 Å². The number of hydrogen-bond donors (Lipinski definition) is 1. The van der Waals surface area contributed by atoms with E-state index in [1.165, 1.54) is 12.2 Å². The molecule has 5 nitrogen and oxygen atoms in total. The van der Waals surface area contributed by atoms with E-state index >= 15 is 0 Å². The van der Waals surface area contributed by atoms with Crippen molar-refractivity contribution in [2.24, 2.45) is 23.2 Å². The van der Waals surface area contributed by atoms with Gasteiger partial charge in [-0.2, -0.15) is 0 Å². The summed E-state index contributed by atoms with van der Waals surface area (Å²) >= 11 is 0. The highest BCUT2D eigenvalue weighted by Gasteiger charge is 2.58. The maximum atomic E-state index is 12.6. The van der Waals surface area contributed by atoms with Crippen molar-refractivity contribution in [2.45, 2.75) is 32.5 Å². The first-order valence-electron chi connectivity index (χ1n) is 9.75. The molecule has 0 heterocycles. The third-order valence-electron chi connectivity index (χ3n) is 6.44. The van der Waals surface area contributed by atoms with Gasteiger partial charge in [0.1, 0.15) is 18.7 Å². The zero-order valence-corrected chi connectivity index (χ0v) is 16.7. The Kier molecular flexibility index (Phi) is 5.99. The number of rotatable bonds is 5. The fourth-order valence-electron chi connectivity index (χ4n) is 4.79. The summed E-state index contributed by atoms with van der Waals surface area (Å²) in [4.78, 5) is 36.1. The third-order valence-corrected chi connectivity index (χ3v) is 6.44. The largest absolute Gasteiger partial charge is 0.459 e. The monoisotopic (exact) mass is 394 g/mol. The zero-order chi connectivity index (χ0) is 21.2. The Bertz CT molecular complexity index is 869. The number of ether oxygens (including phenoxy) is 1. The van der Waals surface area contributed by atoms with Crippen molar-refractivity contribution in [3.8, 4) is 0 Å². The molecule has 6 atom stereocenters. The van der Waals surface area contributed by atoms with Crippen molar-refractivity contribution in [1.82, 2.24) is 0 Å². The lowest BCUT2D eigenvalue weighted by Crippen LogP contribution is -2.58. The molecule has 0 radical (unpaired) electrons. The summed E-state index contributed by atoms with van der Waals surface area (Å²) in [6.07, 6.45) is 4.62. The van der Waals surface area contributed by atoms with Crippen LogP contribution in [0.5, 0.6) is 0 Å². The number of allylic oxidation sites excluding steroid dienone is 1. The van der Waals surface area contributed by atoms with Crippen molar-refractivity contribution in [1.29, 1.82) is 0 Å². The van der Waals surface area contributed by atoms with Crippen molar-refractivity contribution in [3.05, 3.63) is 65.8 Å². The van der Waals surface area contributed by atoms with Gasteiger partial charge in [-0.25, -0.2) is 4.79 Å². The fourth-order valence-corrected chi connectivity index (χ4v) is 4.79. The lowest BCUT2D eigenvalue weighted by Gasteiger charge is -2.55. The van der Waals surface area contributed by atoms with Gasteiger partial charge in [0.05, 0.1) is 12.0 Å². The van der Waals surface area contributed by atoms with Crippen LogP contribution in [0.2, 0.25) is 0 Å². The molecular formula is C24H26O5. The van der Waals surface area contributed by atoms with Crippen molar-refractivity contribution in [2.75, 3.05) is 0 Å². The fraction of sp³-hybridized carbons (Fsp3) is 0.375. The van der Waals surface area contributed by atoms with Crippen LogP contribution in [0, 0.1) is 23.2 Å². The number of carbonyl (C=O) groups is 3. The molecule has 5 heteroatoms. The Morgan fingerprint density at radius 1 is 1.28 bits per heavy atom. The SMILES string of the molecule is C=C1[C@@H]2[C@H](O)C=C(C=O)[C@H](C=O)[C@@]2(C)[C@H](OC(=O)/C=C/c2ccccc2)C[C@@H]1C. The van der Waals surface area contributed by atoms with Crippen LogP contribution in [0.25, 0.3) is 6.08 Å². The van der Waals surface area contributed by atoms with Crippen LogP contribution < -0.4 is 0 Å². The molecule has 0 amide bonds. The summed E-state index contributed by atoms with van der Waals surface area (Å²) in [5.74, 6) is -1.80. The number of aldehydes is 2. The van der Waals surface area contributed by atoms with Gasteiger partial charge in [0.25, 0.3) is 0 Å². The maximum Gasteiger partial charge on any atom is 0.331 e. The number of benzene rings is 1. The predicted molar refractivity (Wildman–Crippen MR) is 110 cm³/mol. The van der Waals surface area contributed by atoms with Gasteiger partial charge in [0, 0.05) is 23.0 Å². The summed E-state index contributed by atoms with van der Waals surface area (Å²) in [6, 6.07) is 9.37. The molecule has 152 valence electrons. The van der Waals surface area contributed by atoms with E-state index in [2.05, 4.69) is 6.58 Å². The van der Waals surface area contributed by atoms with Gasteiger partial charge in [-0.05, 0) is 30.1 Å². The van der Waals surface area contributed by atoms with Crippen LogP contribution in [-0.4, -0.2) is 35.9 Å². The van der Waals surface area contributed by atoms with Crippen LogP contribution in [0.4, 0.5) is 0 Å². The van der Waals surface area contributed by atoms with E-state index in [0.717, 1.165) is 11.1 Å². The maximum absolute atomic E-state index is 12.6. The normalized spacial score (nSPS) is 34.2. The van der Waals surface area contributed by atoms with Gasteiger partial charge < -0.3 is 14.6 Å². The number of aliphatic hydroxyl groups excluding tert-OH is 1. The molecule has 1 saturated carbocycles. The van der Waals surface area contributed by atoms with E-state index in [4.69, 9.17) is 4.74 Å². The molecule has 2 aliphatic carbocycles. The van der Waals surface area contributed by atoms with E-state index < -0.39 is 35.4 Å². The minimum absolute atomic E-state index is 0.00267. The van der Waals surface area contributed by atoms with Crippen LogP contribution in [0.15, 0.2) is 60.2 Å². The van der Waals surface area contributed by atoms with E-state index in [1.54, 1.807) is 13.0 Å². The number of aliphatic hydroxyl groups is 1. The Balaban J connectivity index is 1.92. The molecular weight excluding hydrogens is 368 g/mol. The van der Waals surface area contributed by atoms with Gasteiger partial charge >= 0.3 is 5.97 Å². The third kappa shape index (κ3) is 3.75. The highest BCUT2D eigenvalue weighted by atomic mass is 16.5. The molecule has 29 heavy (non-hydrogen) atoms. The van der Waals surface area contributed by atoms with Gasteiger partial charge in [0.2, 0.25) is 0 Å². The number of fused-ring (bicyclic) bond motifs is 1. The first kappa shape index (κ1) is 20.9. The molecule has 0 unspecified atom stereocenters. The molecule has 0 bridgehead atoms. The Morgan fingerprint density at radius 2 is 1.97 bits per heavy atom. The summed E-state index contributed by atoms with van der Waals surface area (Å²) < 4.78 is 5.80. The molecule has 1 aromatic rings. The minimum atomic E-state index is -0.965. The predicted octanol–water partition coefficient (Wildman–Crippen LogP) is 3.15. The second kappa shape index (κ2) is 8.29. The highest BCUT2D eigenvalue weighted by molar-refractivity contribution is 5.87. The lowest BCUT2D eigenvalue weighted by molar-refractivity contribution is -0.166. The minimum Gasteiger partial charge on any atom is -0.459 e. The van der Waals surface area contributed by atoms with Gasteiger partial charge in [-0.1, -0.05) is 56.3 Å². The quantitative estimate of drug-likeness (QED) is 0.359. The molecule has 0 aromatic heterocycles. The Labute approximate surface area is 170 Å². The highest BCUT2D eigenvalue weighted by Crippen LogP contribution is 2.56. The average molecular weight is 394 g/mol. The molecule has 0 saturated heterocycles. The molecule has 2 aliphatic rings. The van der Waals surface area contributed by atoms with E-state index in [1.807, 2.05) is 37.3 Å². The van der Waals surface area contributed by atoms with Crippen LogP contribution >= 0.6 is 0 Å². The second-order valence-electron chi connectivity index (χ2n) is 8.11. The lowest BCUT2D eigenvalue weighted by atomic mass is 9.51. The number of carbonyl (C=O) groups excluding carboxylic acids is 3. The zero-order valence-electron chi connectivity index (χ0n) is 16.7. The molecule has 0 aliphatic heterocycles. The molecule has 0 spiro atoms. The standard InChI is InChI=1S/C24H26O5/c1-15-11-21(29-22(28)10-9-17-7-5-4-6-8-17)24(3)19(14-26)18(13-25)12-20(27)23(24)16(15)2/h4-10,12-15,19-21,23,27H,2,11H2,1,3H3/b10-9+/t15-,19-,20+,21+,23+,24-/m0/s1. The molecule has 1 N–H and O–H groups in total. The van der Waals surface area contributed by atoms with E-state index in [9.17, 15) is 19.5 Å². The summed E-state index contributed by atoms with van der Waals surface area (Å²) in [7, 11) is 0. The smallest absolute Gasteiger partial charge is 0.331 e. The van der Waals surface area contributed by atoms with Crippen molar-refractivity contribution >= 4 is 24.6 Å². The number of hydrogen-bond acceptors (Lipinski definition) is 5. The van der Waals surface area contributed by atoms with Crippen LogP contribution in [-0.2, 0) is 19.1 Å². The Morgan fingerprint density at radius 3 is 2.59 bits per heavy atom. The number of esters is 1. The van der Waals surface area contributed by atoms with Gasteiger partial charge in [0.15, 0.2) is 0 Å². The van der Waals surface area contributed by atoms with Crippen LogP contribution in [0.3, 0.4) is 0 Å². The van der Waals surface area contributed by atoms with E-state index in [0.29, 0.717) is 19.0 Å². The second-order valence-corrected chi connectivity index (χ2v) is 8.11. The molecule has 1 fully saturated rings. The topological polar surface area (TPSA) is 80.7 Å². The summed E-state index contributed by atoms with van der Waals surface area (Å²) in [5, 5.41) is 10.7. The van der Waals surface area contributed by atoms with Crippen LogP contribution in [0.1, 0.15) is 25.8 Å². The van der Waals surface area contributed by atoms with Gasteiger partial charge in [-0.15, -0.1) is 0 Å². The summed E-state index contributed by atoms with van der Waals surface area (Å²) in [6.45, 7) is 7.90. The first-order valence-corrected chi connectivity index (χ1v) is 9.75. The van der Waals surface area contributed by atoms with Crippen molar-refractivity contribution < 1.29 is 24.2 Å². The van der Waals surface area contributed by atoms with Crippen molar-refractivity contribution in [3.63, 3.8) is 0 Å². The first-order chi connectivity index (χ1) is 13.8. The average Bonchev–Trinajstić information content (AvgIpc) is 2.70. The summed E-state index contributed by atoms with van der Waals surface area (Å²) in [5.41, 5.74) is 0.935. The van der Waals surface area contributed by atoms with E-state index in [-0.39, 0.29) is 11.5 Å².